The van der Waals surface area contributed by atoms with E-state index in [1.165, 1.54) is 0 Å². The second-order valence-corrected chi connectivity index (χ2v) is 11.4. The highest BCUT2D eigenvalue weighted by molar-refractivity contribution is 5.96. The van der Waals surface area contributed by atoms with Crippen LogP contribution < -0.4 is 27.0 Å². The lowest BCUT2D eigenvalue weighted by Crippen LogP contribution is -2.59. The van der Waals surface area contributed by atoms with E-state index in [2.05, 4.69) is 26.3 Å². The van der Waals surface area contributed by atoms with E-state index >= 15 is 0 Å². The van der Waals surface area contributed by atoms with Crippen LogP contribution >= 0.6 is 0 Å². The Hall–Kier alpha value is -5.24. The van der Waals surface area contributed by atoms with Crippen LogP contribution in [0.3, 0.4) is 0 Å². The predicted molar refractivity (Wildman–Crippen MR) is 168 cm³/mol. The van der Waals surface area contributed by atoms with E-state index in [0.717, 1.165) is 10.9 Å². The van der Waals surface area contributed by atoms with Crippen LogP contribution in [0.25, 0.3) is 10.9 Å². The highest BCUT2D eigenvalue weighted by atomic mass is 16.4. The number of amides is 4. The molecular weight excluding hydrogens is 596 g/mol. The maximum absolute atomic E-state index is 13.8. The second-order valence-electron chi connectivity index (χ2n) is 11.4. The maximum Gasteiger partial charge on any atom is 0.322 e. The number of fused-ring (bicyclic) bond motifs is 1. The Morgan fingerprint density at radius 2 is 1.33 bits per heavy atom. The molecule has 3 rings (SSSR count). The zero-order chi connectivity index (χ0) is 33.8. The minimum atomic E-state index is -1.43. The van der Waals surface area contributed by atoms with Crippen molar-refractivity contribution in [3.05, 3.63) is 71.9 Å². The van der Waals surface area contributed by atoms with E-state index in [9.17, 15) is 28.8 Å². The molecule has 46 heavy (non-hydrogen) atoms. The first-order chi connectivity index (χ1) is 21.8. The fraction of sp³-hybridized carbons (Fsp3) is 0.375. The third-order valence-electron chi connectivity index (χ3n) is 7.13. The Bertz CT molecular complexity index is 1540. The van der Waals surface area contributed by atoms with Gasteiger partial charge in [-0.2, -0.15) is 0 Å². The molecule has 0 aliphatic carbocycles. The number of nitrogens with one attached hydrogen (secondary N) is 5. The largest absolute Gasteiger partial charge is 0.481 e. The van der Waals surface area contributed by atoms with Crippen molar-refractivity contribution in [1.29, 1.82) is 0 Å². The molecule has 1 aromatic heterocycles. The Labute approximate surface area is 265 Å². The molecule has 0 radical (unpaired) electrons. The molecule has 0 aliphatic rings. The van der Waals surface area contributed by atoms with Gasteiger partial charge < -0.3 is 42.2 Å². The van der Waals surface area contributed by atoms with Gasteiger partial charge in [0.25, 0.3) is 0 Å². The van der Waals surface area contributed by atoms with Crippen LogP contribution in [0.2, 0.25) is 0 Å². The Morgan fingerprint density at radius 1 is 0.739 bits per heavy atom. The van der Waals surface area contributed by atoms with Gasteiger partial charge in [0.05, 0.1) is 12.5 Å². The molecule has 3 aromatic rings. The number of aromatic nitrogens is 1. The SMILES string of the molecule is CC(C)C[C@H](NC(=O)[C@H](Cc1ccccc1)NC(=O)[C@H](Cc1c[nH]c2ccccc12)NC(=O)[C@@H](N)CC(=O)O)C(=O)NCC(=O)O. The molecule has 0 saturated carbocycles. The van der Waals surface area contributed by atoms with Gasteiger partial charge in [-0.25, -0.2) is 0 Å². The van der Waals surface area contributed by atoms with Crippen molar-refractivity contribution in [2.45, 2.75) is 63.7 Å². The van der Waals surface area contributed by atoms with Crippen molar-refractivity contribution in [3.8, 4) is 0 Å². The van der Waals surface area contributed by atoms with Gasteiger partial charge in [0.15, 0.2) is 0 Å². The number of rotatable bonds is 17. The molecule has 0 fully saturated rings. The minimum Gasteiger partial charge on any atom is -0.481 e. The minimum absolute atomic E-state index is 0.0192. The number of aliphatic carboxylic acids is 2. The molecule has 1 heterocycles. The number of H-pyrrole nitrogens is 1. The third-order valence-corrected chi connectivity index (χ3v) is 7.13. The highest BCUT2D eigenvalue weighted by Crippen LogP contribution is 2.19. The van der Waals surface area contributed by atoms with Gasteiger partial charge in [-0.05, 0) is 29.5 Å². The molecule has 4 atom stereocenters. The molecule has 14 heteroatoms. The molecule has 0 aliphatic heterocycles. The molecule has 14 nitrogen and oxygen atoms in total. The number of hydrogen-bond donors (Lipinski definition) is 8. The summed E-state index contributed by atoms with van der Waals surface area (Å²) < 4.78 is 0. The molecule has 0 saturated heterocycles. The van der Waals surface area contributed by atoms with Gasteiger partial charge in [-0.1, -0.05) is 62.4 Å². The lowest BCUT2D eigenvalue weighted by Gasteiger charge is -2.26. The van der Waals surface area contributed by atoms with Gasteiger partial charge in [-0.15, -0.1) is 0 Å². The Balaban J connectivity index is 1.90. The van der Waals surface area contributed by atoms with Crippen molar-refractivity contribution < 1.29 is 39.0 Å². The summed E-state index contributed by atoms with van der Waals surface area (Å²) in [4.78, 5) is 78.5. The lowest BCUT2D eigenvalue weighted by molar-refractivity contribution is -0.140. The standard InChI is InChI=1S/C32H40N6O8/c1-18(2)12-24(30(44)35-17-28(41)42)37-31(45)25(13-19-8-4-3-5-9-19)38-32(46)26(36-29(43)22(33)15-27(39)40)14-20-16-34-23-11-7-6-10-21(20)23/h3-11,16,18,22,24-26,34H,12-15,17,33H2,1-2H3,(H,35,44)(H,36,43)(H,37,45)(H,38,46)(H,39,40)(H,41,42)/t22-,24-,25-,26-/m0/s1. The van der Waals surface area contributed by atoms with Crippen molar-refractivity contribution >= 4 is 46.5 Å². The van der Waals surface area contributed by atoms with Crippen molar-refractivity contribution in [2.24, 2.45) is 11.7 Å². The van der Waals surface area contributed by atoms with Gasteiger partial charge in [0, 0.05) is 29.9 Å². The van der Waals surface area contributed by atoms with Crippen LogP contribution in [-0.4, -0.2) is 81.5 Å². The monoisotopic (exact) mass is 636 g/mol. The second kappa shape index (κ2) is 16.7. The maximum atomic E-state index is 13.8. The Morgan fingerprint density at radius 3 is 1.96 bits per heavy atom. The zero-order valence-corrected chi connectivity index (χ0v) is 25.6. The number of carbonyl (C=O) groups is 6. The number of aromatic amines is 1. The molecule has 9 N–H and O–H groups in total. The van der Waals surface area contributed by atoms with Crippen LogP contribution in [0.15, 0.2) is 60.8 Å². The van der Waals surface area contributed by atoms with Crippen LogP contribution in [-0.2, 0) is 41.6 Å². The zero-order valence-electron chi connectivity index (χ0n) is 25.6. The van der Waals surface area contributed by atoms with E-state index in [1.54, 1.807) is 36.5 Å². The molecule has 246 valence electrons. The topological polar surface area (TPSA) is 233 Å². The van der Waals surface area contributed by atoms with Crippen LogP contribution in [0.1, 0.15) is 37.8 Å². The van der Waals surface area contributed by atoms with E-state index in [1.807, 2.05) is 38.1 Å². The quantitative estimate of drug-likeness (QED) is 0.103. The van der Waals surface area contributed by atoms with Crippen LogP contribution in [0.5, 0.6) is 0 Å². The average molecular weight is 637 g/mol. The number of hydrogen-bond acceptors (Lipinski definition) is 7. The number of carboxylic acids is 2. The summed E-state index contributed by atoms with van der Waals surface area (Å²) in [6, 6.07) is 11.2. The molecule has 4 amide bonds. The summed E-state index contributed by atoms with van der Waals surface area (Å²) in [5.74, 6) is -5.58. The Kier molecular flexibility index (Phi) is 12.8. The van der Waals surface area contributed by atoms with E-state index in [-0.39, 0.29) is 25.2 Å². The van der Waals surface area contributed by atoms with Crippen LogP contribution in [0.4, 0.5) is 0 Å². The number of benzene rings is 2. The third kappa shape index (κ3) is 10.7. The summed E-state index contributed by atoms with van der Waals surface area (Å²) in [5, 5.41) is 29.1. The van der Waals surface area contributed by atoms with E-state index < -0.39 is 72.7 Å². The van der Waals surface area contributed by atoms with Gasteiger partial charge in [0.1, 0.15) is 24.7 Å². The van der Waals surface area contributed by atoms with Crippen LogP contribution in [0, 0.1) is 5.92 Å². The van der Waals surface area contributed by atoms with Gasteiger partial charge in [0.2, 0.25) is 23.6 Å². The molecule has 0 spiro atoms. The number of nitrogens with two attached hydrogens (primary N) is 1. The van der Waals surface area contributed by atoms with Gasteiger partial charge in [-0.3, -0.25) is 28.8 Å². The average Bonchev–Trinajstić information content (AvgIpc) is 3.41. The van der Waals surface area contributed by atoms with E-state index in [0.29, 0.717) is 11.1 Å². The smallest absolute Gasteiger partial charge is 0.322 e. The first kappa shape index (κ1) is 35.2. The highest BCUT2D eigenvalue weighted by Gasteiger charge is 2.32. The van der Waals surface area contributed by atoms with Crippen molar-refractivity contribution in [1.82, 2.24) is 26.3 Å². The van der Waals surface area contributed by atoms with Crippen molar-refractivity contribution in [2.75, 3.05) is 6.54 Å². The summed E-state index contributed by atoms with van der Waals surface area (Å²) in [6.07, 6.45) is 1.23. The summed E-state index contributed by atoms with van der Waals surface area (Å²) in [7, 11) is 0. The van der Waals surface area contributed by atoms with E-state index in [4.69, 9.17) is 15.9 Å². The first-order valence-corrected chi connectivity index (χ1v) is 14.8. The molecule has 2 aromatic carbocycles. The fourth-order valence-corrected chi connectivity index (χ4v) is 4.88. The fourth-order valence-electron chi connectivity index (χ4n) is 4.88. The summed E-state index contributed by atoms with van der Waals surface area (Å²) in [5.41, 5.74) is 7.95. The summed E-state index contributed by atoms with van der Waals surface area (Å²) in [6.45, 7) is 3.03. The predicted octanol–water partition coefficient (Wildman–Crippen LogP) is 0.456. The number of carbonyl (C=O) groups excluding carboxylic acids is 4. The van der Waals surface area contributed by atoms with Crippen molar-refractivity contribution in [3.63, 3.8) is 0 Å². The summed E-state index contributed by atoms with van der Waals surface area (Å²) >= 11 is 0. The molecule has 0 unspecified atom stereocenters. The number of carboxylic acid groups (broad SMARTS) is 2. The lowest BCUT2D eigenvalue weighted by atomic mass is 10.00. The first-order valence-electron chi connectivity index (χ1n) is 14.8. The normalized spacial score (nSPS) is 13.7. The number of para-hydroxylation sites is 1. The van der Waals surface area contributed by atoms with Gasteiger partial charge >= 0.3 is 11.9 Å². The molecular formula is C32H40N6O8. The molecule has 0 bridgehead atoms.